The summed E-state index contributed by atoms with van der Waals surface area (Å²) in [5.74, 6) is 2.15. The van der Waals surface area contributed by atoms with Gasteiger partial charge >= 0.3 is 0 Å². The van der Waals surface area contributed by atoms with Gasteiger partial charge in [-0.15, -0.1) is 24.0 Å². The van der Waals surface area contributed by atoms with Gasteiger partial charge in [0.25, 0.3) is 0 Å². The van der Waals surface area contributed by atoms with E-state index in [2.05, 4.69) is 31.4 Å². The Bertz CT molecular complexity index is 613. The largest absolute Gasteiger partial charge is 0.493 e. The van der Waals surface area contributed by atoms with E-state index in [1.54, 1.807) is 7.11 Å². The minimum atomic E-state index is -0.0226. The molecule has 7 heteroatoms. The first kappa shape index (κ1) is 24.8. The lowest BCUT2D eigenvalue weighted by atomic mass is 9.75. The fraction of sp³-hybridized carbons (Fsp3) is 0.667. The highest BCUT2D eigenvalue weighted by Crippen LogP contribution is 2.35. The van der Waals surface area contributed by atoms with Crippen LogP contribution >= 0.6 is 24.0 Å². The third-order valence-electron chi connectivity index (χ3n) is 5.02. The van der Waals surface area contributed by atoms with Crippen molar-refractivity contribution in [2.45, 2.75) is 59.0 Å². The third kappa shape index (κ3) is 8.03. The van der Waals surface area contributed by atoms with E-state index in [0.717, 1.165) is 18.1 Å². The first-order valence-electron chi connectivity index (χ1n) is 9.93. The molecule has 2 rings (SSSR count). The van der Waals surface area contributed by atoms with Crippen molar-refractivity contribution >= 4 is 29.9 Å². The molecule has 6 nitrogen and oxygen atoms in total. The Morgan fingerprint density at radius 3 is 2.57 bits per heavy atom. The standard InChI is InChI=1S/C21H35N3O3.HI/c1-5-22-20(24-17-8-10-21(2,3)11-9-17)23-15-16-6-7-18(27-13-12-25)19(14-16)26-4;/h6-7,14,17,25H,5,8-13,15H2,1-4H3,(H2,22,23,24);1H. The number of aliphatic hydroxyl groups excluding tert-OH is 1. The molecule has 0 saturated heterocycles. The van der Waals surface area contributed by atoms with Gasteiger partial charge in [0.05, 0.1) is 20.3 Å². The summed E-state index contributed by atoms with van der Waals surface area (Å²) in [4.78, 5) is 4.74. The lowest BCUT2D eigenvalue weighted by molar-refractivity contribution is 0.196. The second-order valence-corrected chi connectivity index (χ2v) is 7.84. The normalized spacial score (nSPS) is 16.8. The number of hydrogen-bond acceptors (Lipinski definition) is 4. The smallest absolute Gasteiger partial charge is 0.191 e. The predicted octanol–water partition coefficient (Wildman–Crippen LogP) is 3.71. The van der Waals surface area contributed by atoms with Gasteiger partial charge in [0.2, 0.25) is 0 Å². The van der Waals surface area contributed by atoms with Crippen molar-refractivity contribution in [3.63, 3.8) is 0 Å². The Morgan fingerprint density at radius 1 is 1.25 bits per heavy atom. The number of rotatable bonds is 8. The van der Waals surface area contributed by atoms with Gasteiger partial charge in [0.15, 0.2) is 17.5 Å². The van der Waals surface area contributed by atoms with Crippen LogP contribution in [0.15, 0.2) is 23.2 Å². The zero-order valence-electron chi connectivity index (χ0n) is 17.6. The third-order valence-corrected chi connectivity index (χ3v) is 5.02. The van der Waals surface area contributed by atoms with Crippen LogP contribution in [0, 0.1) is 5.41 Å². The molecule has 0 aromatic heterocycles. The summed E-state index contributed by atoms with van der Waals surface area (Å²) in [5, 5.41) is 15.8. The molecule has 3 N–H and O–H groups in total. The maximum Gasteiger partial charge on any atom is 0.191 e. The fourth-order valence-corrected chi connectivity index (χ4v) is 3.31. The van der Waals surface area contributed by atoms with Crippen LogP contribution in [0.5, 0.6) is 11.5 Å². The molecule has 1 saturated carbocycles. The van der Waals surface area contributed by atoms with E-state index in [0.29, 0.717) is 29.5 Å². The number of guanidine groups is 1. The van der Waals surface area contributed by atoms with Crippen LogP contribution in [-0.2, 0) is 6.54 Å². The number of aliphatic imine (C=N–C) groups is 1. The van der Waals surface area contributed by atoms with Gasteiger partial charge in [0, 0.05) is 12.6 Å². The van der Waals surface area contributed by atoms with Crippen molar-refractivity contribution in [1.82, 2.24) is 10.6 Å². The summed E-state index contributed by atoms with van der Waals surface area (Å²) in [7, 11) is 1.62. The molecule has 0 aliphatic heterocycles. The van der Waals surface area contributed by atoms with Crippen molar-refractivity contribution in [2.75, 3.05) is 26.9 Å². The summed E-state index contributed by atoms with van der Waals surface area (Å²) in [6, 6.07) is 6.26. The van der Waals surface area contributed by atoms with Crippen molar-refractivity contribution in [3.8, 4) is 11.5 Å². The van der Waals surface area contributed by atoms with E-state index in [-0.39, 0.29) is 37.2 Å². The van der Waals surface area contributed by atoms with Crippen LogP contribution < -0.4 is 20.1 Å². The molecule has 28 heavy (non-hydrogen) atoms. The first-order valence-corrected chi connectivity index (χ1v) is 9.93. The van der Waals surface area contributed by atoms with Crippen LogP contribution in [0.25, 0.3) is 0 Å². The number of halogens is 1. The van der Waals surface area contributed by atoms with E-state index in [1.807, 2.05) is 18.2 Å². The Labute approximate surface area is 186 Å². The lowest BCUT2D eigenvalue weighted by Crippen LogP contribution is -2.45. The summed E-state index contributed by atoms with van der Waals surface area (Å²) >= 11 is 0. The molecule has 0 heterocycles. The molecular weight excluding hydrogens is 469 g/mol. The van der Waals surface area contributed by atoms with E-state index in [1.165, 1.54) is 25.7 Å². The zero-order chi connectivity index (χ0) is 19.7. The summed E-state index contributed by atoms with van der Waals surface area (Å²) < 4.78 is 10.9. The topological polar surface area (TPSA) is 75.1 Å². The number of ether oxygens (including phenoxy) is 2. The average molecular weight is 505 g/mol. The van der Waals surface area contributed by atoms with E-state index < -0.39 is 0 Å². The number of aliphatic hydroxyl groups is 1. The Kier molecular flexibility index (Phi) is 11.0. The highest BCUT2D eigenvalue weighted by Gasteiger charge is 2.27. The Hall–Kier alpha value is -1.22. The van der Waals surface area contributed by atoms with Gasteiger partial charge in [-0.3, -0.25) is 0 Å². The van der Waals surface area contributed by atoms with Crippen LogP contribution in [0.2, 0.25) is 0 Å². The van der Waals surface area contributed by atoms with Crippen molar-refractivity contribution in [2.24, 2.45) is 10.4 Å². The van der Waals surface area contributed by atoms with Crippen LogP contribution in [0.3, 0.4) is 0 Å². The van der Waals surface area contributed by atoms with Gasteiger partial charge in [0.1, 0.15) is 6.61 Å². The molecule has 0 amide bonds. The number of nitrogens with one attached hydrogen (secondary N) is 2. The summed E-state index contributed by atoms with van der Waals surface area (Å²) in [5.41, 5.74) is 1.51. The molecule has 0 spiro atoms. The zero-order valence-corrected chi connectivity index (χ0v) is 19.9. The fourth-order valence-electron chi connectivity index (χ4n) is 3.31. The second kappa shape index (κ2) is 12.4. The molecule has 0 bridgehead atoms. The van der Waals surface area contributed by atoms with Crippen LogP contribution in [-0.4, -0.2) is 44.0 Å². The molecule has 0 radical (unpaired) electrons. The maximum absolute atomic E-state index is 8.91. The number of methoxy groups -OCH3 is 1. The molecule has 1 aromatic rings. The summed E-state index contributed by atoms with van der Waals surface area (Å²) in [6.07, 6.45) is 4.86. The van der Waals surface area contributed by atoms with Gasteiger partial charge in [-0.25, -0.2) is 4.99 Å². The van der Waals surface area contributed by atoms with Gasteiger partial charge in [-0.1, -0.05) is 19.9 Å². The molecule has 160 valence electrons. The van der Waals surface area contributed by atoms with Gasteiger partial charge < -0.3 is 25.2 Å². The number of hydrogen-bond donors (Lipinski definition) is 3. The number of nitrogens with zero attached hydrogens (tertiary/aromatic N) is 1. The highest BCUT2D eigenvalue weighted by atomic mass is 127. The molecule has 1 aromatic carbocycles. The minimum Gasteiger partial charge on any atom is -0.493 e. The monoisotopic (exact) mass is 505 g/mol. The minimum absolute atomic E-state index is 0. The molecular formula is C21H36IN3O3. The highest BCUT2D eigenvalue weighted by molar-refractivity contribution is 14.0. The van der Waals surface area contributed by atoms with Crippen LogP contribution in [0.4, 0.5) is 0 Å². The average Bonchev–Trinajstić information content (AvgIpc) is 2.66. The maximum atomic E-state index is 8.91. The SMILES string of the molecule is CCNC(=NCc1ccc(OCCO)c(OC)c1)NC1CCC(C)(C)CC1.I. The van der Waals surface area contributed by atoms with Gasteiger partial charge in [-0.05, 0) is 55.7 Å². The van der Waals surface area contributed by atoms with E-state index in [9.17, 15) is 0 Å². The predicted molar refractivity (Wildman–Crippen MR) is 125 cm³/mol. The van der Waals surface area contributed by atoms with E-state index in [4.69, 9.17) is 19.6 Å². The van der Waals surface area contributed by atoms with Crippen LogP contribution in [0.1, 0.15) is 52.0 Å². The first-order chi connectivity index (χ1) is 13.0. The van der Waals surface area contributed by atoms with Crippen molar-refractivity contribution in [1.29, 1.82) is 0 Å². The second-order valence-electron chi connectivity index (χ2n) is 7.84. The lowest BCUT2D eigenvalue weighted by Gasteiger charge is -2.35. The van der Waals surface area contributed by atoms with Crippen molar-refractivity contribution in [3.05, 3.63) is 23.8 Å². The Balaban J connectivity index is 0.00000392. The Morgan fingerprint density at radius 2 is 1.96 bits per heavy atom. The molecule has 0 atom stereocenters. The molecule has 1 aliphatic carbocycles. The number of benzene rings is 1. The van der Waals surface area contributed by atoms with Crippen molar-refractivity contribution < 1.29 is 14.6 Å². The summed E-state index contributed by atoms with van der Waals surface area (Å²) in [6.45, 7) is 8.41. The quantitative estimate of drug-likeness (QED) is 0.286. The molecule has 1 aliphatic rings. The van der Waals surface area contributed by atoms with Gasteiger partial charge in [-0.2, -0.15) is 0 Å². The molecule has 1 fully saturated rings. The van der Waals surface area contributed by atoms with E-state index >= 15 is 0 Å². The molecule has 0 unspecified atom stereocenters.